The standard InChI is InChI=1S/C20H22FN3O/c1-13-15(10-11-24(2)3)17-12-14(8-9-19(17)22-13)23-20(25)16-6-4-5-7-18(16)21/h4-9,12,22H,10-11H2,1-3H3,(H,23,25). The van der Waals surface area contributed by atoms with Crippen molar-refractivity contribution >= 4 is 22.5 Å². The van der Waals surface area contributed by atoms with Gasteiger partial charge in [0.15, 0.2) is 0 Å². The summed E-state index contributed by atoms with van der Waals surface area (Å²) in [6.45, 7) is 3.00. The third-order valence-corrected chi connectivity index (χ3v) is 4.30. The number of nitrogens with one attached hydrogen (secondary N) is 2. The van der Waals surface area contributed by atoms with Crippen molar-refractivity contribution in [1.82, 2.24) is 9.88 Å². The van der Waals surface area contributed by atoms with E-state index >= 15 is 0 Å². The van der Waals surface area contributed by atoms with Crippen LogP contribution in [0.5, 0.6) is 0 Å². The molecule has 3 aromatic rings. The maximum absolute atomic E-state index is 13.8. The number of aromatic amines is 1. The molecular formula is C20H22FN3O. The first-order valence-corrected chi connectivity index (χ1v) is 8.27. The van der Waals surface area contributed by atoms with Crippen molar-refractivity contribution in [3.05, 3.63) is 65.1 Å². The Balaban J connectivity index is 1.89. The molecule has 0 saturated heterocycles. The zero-order chi connectivity index (χ0) is 18.0. The van der Waals surface area contributed by atoms with Crippen LogP contribution in [0.4, 0.5) is 10.1 Å². The van der Waals surface area contributed by atoms with E-state index in [2.05, 4.69) is 22.1 Å². The normalized spacial score (nSPS) is 11.2. The third-order valence-electron chi connectivity index (χ3n) is 4.30. The van der Waals surface area contributed by atoms with Gasteiger partial charge in [0.25, 0.3) is 5.91 Å². The highest BCUT2D eigenvalue weighted by Crippen LogP contribution is 2.26. The molecule has 0 spiro atoms. The summed E-state index contributed by atoms with van der Waals surface area (Å²) in [7, 11) is 4.09. The molecule has 2 N–H and O–H groups in total. The number of benzene rings is 2. The lowest BCUT2D eigenvalue weighted by Gasteiger charge is -2.10. The number of rotatable bonds is 5. The maximum Gasteiger partial charge on any atom is 0.258 e. The number of aromatic nitrogens is 1. The lowest BCUT2D eigenvalue weighted by atomic mass is 10.1. The molecule has 0 atom stereocenters. The van der Waals surface area contributed by atoms with Gasteiger partial charge in [-0.25, -0.2) is 4.39 Å². The Kier molecular flexibility index (Phi) is 4.86. The number of hydrogen-bond acceptors (Lipinski definition) is 2. The van der Waals surface area contributed by atoms with Crippen molar-refractivity contribution in [2.24, 2.45) is 0 Å². The largest absolute Gasteiger partial charge is 0.358 e. The molecule has 0 unspecified atom stereocenters. The SMILES string of the molecule is Cc1[nH]c2ccc(NC(=O)c3ccccc3F)cc2c1CCN(C)C. The number of hydrogen-bond donors (Lipinski definition) is 2. The highest BCUT2D eigenvalue weighted by Gasteiger charge is 2.13. The van der Waals surface area contributed by atoms with Crippen molar-refractivity contribution in [1.29, 1.82) is 0 Å². The van der Waals surface area contributed by atoms with Crippen molar-refractivity contribution in [3.63, 3.8) is 0 Å². The van der Waals surface area contributed by atoms with Gasteiger partial charge >= 0.3 is 0 Å². The van der Waals surface area contributed by atoms with Crippen LogP contribution >= 0.6 is 0 Å². The van der Waals surface area contributed by atoms with Crippen molar-refractivity contribution in [2.45, 2.75) is 13.3 Å². The fourth-order valence-electron chi connectivity index (χ4n) is 2.96. The average molecular weight is 339 g/mol. The first-order valence-electron chi connectivity index (χ1n) is 8.27. The summed E-state index contributed by atoms with van der Waals surface area (Å²) in [5, 5.41) is 3.88. The van der Waals surface area contributed by atoms with E-state index < -0.39 is 11.7 Å². The van der Waals surface area contributed by atoms with Gasteiger partial charge in [0.05, 0.1) is 5.56 Å². The maximum atomic E-state index is 13.8. The molecule has 0 radical (unpaired) electrons. The molecule has 3 rings (SSSR count). The number of halogens is 1. The number of carbonyl (C=O) groups excluding carboxylic acids is 1. The van der Waals surface area contributed by atoms with Gasteiger partial charge in [0.2, 0.25) is 0 Å². The molecule has 5 heteroatoms. The number of amides is 1. The Bertz CT molecular complexity index is 914. The van der Waals surface area contributed by atoms with Gasteiger partial charge in [0.1, 0.15) is 5.82 Å². The van der Waals surface area contributed by atoms with Crippen LogP contribution in [0.3, 0.4) is 0 Å². The van der Waals surface area contributed by atoms with Crippen LogP contribution in [0.1, 0.15) is 21.6 Å². The van der Waals surface area contributed by atoms with E-state index in [-0.39, 0.29) is 5.56 Å². The lowest BCUT2D eigenvalue weighted by Crippen LogP contribution is -2.15. The van der Waals surface area contributed by atoms with Gasteiger partial charge in [-0.2, -0.15) is 0 Å². The molecule has 1 aromatic heterocycles. The van der Waals surface area contributed by atoms with Crippen LogP contribution in [0.25, 0.3) is 10.9 Å². The topological polar surface area (TPSA) is 48.1 Å². The molecule has 0 aliphatic carbocycles. The van der Waals surface area contributed by atoms with Crippen LogP contribution in [-0.2, 0) is 6.42 Å². The van der Waals surface area contributed by atoms with Crippen molar-refractivity contribution < 1.29 is 9.18 Å². The number of aryl methyl sites for hydroxylation is 1. The van der Waals surface area contributed by atoms with Crippen LogP contribution in [0.2, 0.25) is 0 Å². The minimum atomic E-state index is -0.523. The molecule has 25 heavy (non-hydrogen) atoms. The zero-order valence-corrected chi connectivity index (χ0v) is 14.7. The van der Waals surface area contributed by atoms with Gasteiger partial charge in [-0.15, -0.1) is 0 Å². The summed E-state index contributed by atoms with van der Waals surface area (Å²) < 4.78 is 13.8. The summed E-state index contributed by atoms with van der Waals surface area (Å²) in [6.07, 6.45) is 0.920. The highest BCUT2D eigenvalue weighted by atomic mass is 19.1. The number of fused-ring (bicyclic) bond motifs is 1. The van der Waals surface area contributed by atoms with Crippen molar-refractivity contribution in [3.8, 4) is 0 Å². The summed E-state index contributed by atoms with van der Waals surface area (Å²) in [5.41, 5.74) is 4.11. The Hall–Kier alpha value is -2.66. The monoisotopic (exact) mass is 339 g/mol. The van der Waals surface area contributed by atoms with Crippen LogP contribution in [-0.4, -0.2) is 36.4 Å². The Morgan fingerprint density at radius 3 is 2.68 bits per heavy atom. The second kappa shape index (κ2) is 7.07. The molecule has 130 valence electrons. The van der Waals surface area contributed by atoms with Crippen LogP contribution < -0.4 is 5.32 Å². The molecule has 1 amide bonds. The number of H-pyrrole nitrogens is 1. The molecule has 0 fully saturated rings. The van der Waals surface area contributed by atoms with E-state index in [1.54, 1.807) is 12.1 Å². The van der Waals surface area contributed by atoms with Gasteiger partial charge in [0, 0.05) is 28.8 Å². The van der Waals surface area contributed by atoms with E-state index in [1.807, 2.05) is 32.3 Å². The van der Waals surface area contributed by atoms with E-state index in [1.165, 1.54) is 17.7 Å². The second-order valence-corrected chi connectivity index (χ2v) is 6.48. The molecular weight excluding hydrogens is 317 g/mol. The van der Waals surface area contributed by atoms with Gasteiger partial charge < -0.3 is 15.2 Å². The Morgan fingerprint density at radius 1 is 1.20 bits per heavy atom. The van der Waals surface area contributed by atoms with Crippen LogP contribution in [0, 0.1) is 12.7 Å². The summed E-state index contributed by atoms with van der Waals surface area (Å²) in [5.74, 6) is -0.968. The van der Waals surface area contributed by atoms with Gasteiger partial charge in [-0.1, -0.05) is 12.1 Å². The quantitative estimate of drug-likeness (QED) is 0.739. The van der Waals surface area contributed by atoms with E-state index in [0.29, 0.717) is 5.69 Å². The molecule has 0 bridgehead atoms. The molecule has 0 saturated carbocycles. The second-order valence-electron chi connectivity index (χ2n) is 6.48. The smallest absolute Gasteiger partial charge is 0.258 e. The lowest BCUT2D eigenvalue weighted by molar-refractivity contribution is 0.102. The average Bonchev–Trinajstić information content (AvgIpc) is 2.88. The fraction of sp³-hybridized carbons (Fsp3) is 0.250. The van der Waals surface area contributed by atoms with E-state index in [4.69, 9.17) is 0 Å². The summed E-state index contributed by atoms with van der Waals surface area (Å²) in [6, 6.07) is 11.7. The highest BCUT2D eigenvalue weighted by molar-refractivity contribution is 6.05. The molecule has 2 aromatic carbocycles. The molecule has 0 aliphatic heterocycles. The number of likely N-dealkylation sites (N-methyl/N-ethyl adjacent to an activating group) is 1. The number of carbonyl (C=O) groups is 1. The van der Waals surface area contributed by atoms with Gasteiger partial charge in [-0.05, 0) is 63.3 Å². The molecule has 4 nitrogen and oxygen atoms in total. The first kappa shape index (κ1) is 17.2. The van der Waals surface area contributed by atoms with E-state index in [9.17, 15) is 9.18 Å². The fourth-order valence-corrected chi connectivity index (χ4v) is 2.96. The van der Waals surface area contributed by atoms with Crippen molar-refractivity contribution in [2.75, 3.05) is 26.0 Å². The van der Waals surface area contributed by atoms with Crippen LogP contribution in [0.15, 0.2) is 42.5 Å². The number of nitrogens with zero attached hydrogens (tertiary/aromatic N) is 1. The molecule has 1 heterocycles. The van der Waals surface area contributed by atoms with E-state index in [0.717, 1.165) is 29.6 Å². The predicted octanol–water partition coefficient (Wildman–Crippen LogP) is 3.97. The molecule has 0 aliphatic rings. The number of anilines is 1. The third kappa shape index (κ3) is 3.72. The van der Waals surface area contributed by atoms with Gasteiger partial charge in [-0.3, -0.25) is 4.79 Å². The minimum Gasteiger partial charge on any atom is -0.358 e. The Morgan fingerprint density at radius 2 is 1.96 bits per heavy atom. The first-order chi connectivity index (χ1) is 12.0. The predicted molar refractivity (Wildman–Crippen MR) is 99.6 cm³/mol. The summed E-state index contributed by atoms with van der Waals surface area (Å²) >= 11 is 0. The summed E-state index contributed by atoms with van der Waals surface area (Å²) in [4.78, 5) is 17.8. The minimum absolute atomic E-state index is 0.0423. The zero-order valence-electron chi connectivity index (χ0n) is 14.7. The Labute approximate surface area is 146 Å².